The Balaban J connectivity index is 2.08. The van der Waals surface area contributed by atoms with Crippen LogP contribution in [0, 0.1) is 5.41 Å². The van der Waals surface area contributed by atoms with E-state index in [0.717, 1.165) is 67.2 Å². The van der Waals surface area contributed by atoms with Gasteiger partial charge in [-0.3, -0.25) is 9.59 Å². The van der Waals surface area contributed by atoms with Crippen molar-refractivity contribution in [1.29, 1.82) is 0 Å². The third-order valence-electron chi connectivity index (χ3n) is 6.38. The fraction of sp³-hybridized carbons (Fsp3) is 0.667. The van der Waals surface area contributed by atoms with E-state index in [4.69, 9.17) is 4.18 Å². The quantitative estimate of drug-likeness (QED) is 0.161. The summed E-state index contributed by atoms with van der Waals surface area (Å²) in [7, 11) is 0. The molecule has 0 unspecified atom stereocenters. The number of aryl methyl sites for hydroxylation is 1. The first-order chi connectivity index (χ1) is 16.4. The van der Waals surface area contributed by atoms with Crippen molar-refractivity contribution in [2.75, 3.05) is 0 Å². The Bertz CT molecular complexity index is 886. The van der Waals surface area contributed by atoms with Crippen LogP contribution in [0.1, 0.15) is 110 Å². The number of carbonyl (C=O) groups excluding carboxylic acids is 1. The summed E-state index contributed by atoms with van der Waals surface area (Å²) in [5.41, 5.74) is 1.25. The van der Waals surface area contributed by atoms with Gasteiger partial charge < -0.3 is 9.29 Å². The summed E-state index contributed by atoms with van der Waals surface area (Å²) in [4.78, 5) is 29.6. The highest BCUT2D eigenvalue weighted by atomic mass is 32.2. The van der Waals surface area contributed by atoms with Crippen molar-refractivity contribution in [3.8, 4) is 0 Å². The lowest BCUT2D eigenvalue weighted by atomic mass is 9.75. The first kappa shape index (κ1) is 28.6. The maximum absolute atomic E-state index is 13.3. The monoisotopic (exact) mass is 507 g/mol. The second-order valence-corrected chi connectivity index (χ2v) is 11.3. The maximum atomic E-state index is 13.3. The van der Waals surface area contributed by atoms with Gasteiger partial charge >= 0.3 is 11.9 Å². The summed E-state index contributed by atoms with van der Waals surface area (Å²) in [6, 6.07) is 6.39. The van der Waals surface area contributed by atoms with Gasteiger partial charge in [-0.25, -0.2) is 4.98 Å². The summed E-state index contributed by atoms with van der Waals surface area (Å²) in [5, 5.41) is 9.58. The molecule has 2 rings (SSSR count). The number of nitrogens with zero attached hydrogens (tertiary/aromatic N) is 1. The van der Waals surface area contributed by atoms with E-state index in [-0.39, 0.29) is 6.42 Å². The smallest absolute Gasteiger partial charge is 0.325 e. The maximum Gasteiger partial charge on any atom is 0.325 e. The number of hydrogen-bond donors (Lipinski definition) is 1. The van der Waals surface area contributed by atoms with Crippen molar-refractivity contribution in [2.24, 2.45) is 5.41 Å². The molecule has 2 aromatic rings. The molecular formula is C27H41NO4S2. The number of carboxylic acids is 1. The molecule has 0 aliphatic carbocycles. The molecule has 0 radical (unpaired) electrons. The zero-order valence-electron chi connectivity index (χ0n) is 21.1. The van der Waals surface area contributed by atoms with Crippen molar-refractivity contribution < 1.29 is 18.9 Å². The van der Waals surface area contributed by atoms with Gasteiger partial charge in [0.1, 0.15) is 12.0 Å². The molecular weight excluding hydrogens is 466 g/mol. The fourth-order valence-electron chi connectivity index (χ4n) is 4.36. The van der Waals surface area contributed by atoms with Gasteiger partial charge in [-0.05, 0) is 43.4 Å². The van der Waals surface area contributed by atoms with Crippen molar-refractivity contribution >= 4 is 45.5 Å². The Morgan fingerprint density at radius 1 is 0.971 bits per heavy atom. The van der Waals surface area contributed by atoms with Crippen molar-refractivity contribution in [2.45, 2.75) is 115 Å². The van der Waals surface area contributed by atoms with Gasteiger partial charge in [0.05, 0.1) is 22.1 Å². The van der Waals surface area contributed by atoms with Crippen LogP contribution in [0.15, 0.2) is 22.5 Å². The molecule has 0 fully saturated rings. The third kappa shape index (κ3) is 9.21. The van der Waals surface area contributed by atoms with Gasteiger partial charge in [0.15, 0.2) is 4.34 Å². The van der Waals surface area contributed by atoms with E-state index in [9.17, 15) is 14.7 Å². The Morgan fingerprint density at radius 3 is 2.24 bits per heavy atom. The highest BCUT2D eigenvalue weighted by Crippen LogP contribution is 2.40. The Hall–Kier alpha value is -1.60. The first-order valence-electron chi connectivity index (χ1n) is 12.9. The number of carboxylic acid groups (broad SMARTS) is 1. The molecule has 34 heavy (non-hydrogen) atoms. The molecule has 0 amide bonds. The molecule has 0 saturated carbocycles. The molecule has 1 N–H and O–H groups in total. The Kier molecular flexibility index (Phi) is 13.0. The van der Waals surface area contributed by atoms with Crippen molar-refractivity contribution in [3.05, 3.63) is 23.8 Å². The molecule has 7 heteroatoms. The topological polar surface area (TPSA) is 76.5 Å². The van der Waals surface area contributed by atoms with Crippen LogP contribution in [-0.2, 0) is 20.2 Å². The molecule has 0 atom stereocenters. The molecule has 190 valence electrons. The SMILES string of the molecule is CCCCCCc1ccc2sc(SOC(=O)C(CCCCC)(CCCCC)CC(=O)O)nc2c1. The summed E-state index contributed by atoms with van der Waals surface area (Å²) < 4.78 is 7.42. The molecule has 5 nitrogen and oxygen atoms in total. The molecule has 0 bridgehead atoms. The number of aromatic nitrogens is 1. The van der Waals surface area contributed by atoms with Gasteiger partial charge in [-0.1, -0.05) is 84.6 Å². The number of fused-ring (bicyclic) bond motifs is 1. The zero-order chi connectivity index (χ0) is 24.8. The molecule has 0 spiro atoms. The second kappa shape index (κ2) is 15.4. The fourth-order valence-corrected chi connectivity index (χ4v) is 6.00. The van der Waals surface area contributed by atoms with Crippen LogP contribution in [0.25, 0.3) is 10.2 Å². The van der Waals surface area contributed by atoms with E-state index in [0.29, 0.717) is 17.2 Å². The van der Waals surface area contributed by atoms with Gasteiger partial charge in [-0.15, -0.1) is 11.3 Å². The second-order valence-electron chi connectivity index (χ2n) is 9.31. The highest BCUT2D eigenvalue weighted by Gasteiger charge is 2.41. The minimum absolute atomic E-state index is 0.180. The number of benzene rings is 1. The van der Waals surface area contributed by atoms with E-state index < -0.39 is 17.4 Å². The first-order valence-corrected chi connectivity index (χ1v) is 14.5. The standard InChI is InChI=1S/C27H41NO4S2/c1-4-7-10-11-14-21-15-16-23-22(19-21)28-26(33-23)34-32-25(31)27(20-24(29)30,17-12-8-5-2)18-13-9-6-3/h15-16,19H,4-14,17-18,20H2,1-3H3,(H,29,30). The minimum Gasteiger partial charge on any atom is -0.481 e. The van der Waals surface area contributed by atoms with Crippen molar-refractivity contribution in [1.82, 2.24) is 4.98 Å². The average Bonchev–Trinajstić information content (AvgIpc) is 3.22. The Morgan fingerprint density at radius 2 is 1.62 bits per heavy atom. The van der Waals surface area contributed by atoms with E-state index in [2.05, 4.69) is 44.0 Å². The summed E-state index contributed by atoms with van der Waals surface area (Å²) >= 11 is 2.49. The van der Waals surface area contributed by atoms with Crippen LogP contribution in [0.5, 0.6) is 0 Å². The van der Waals surface area contributed by atoms with Crippen LogP contribution in [0.3, 0.4) is 0 Å². The van der Waals surface area contributed by atoms with E-state index in [1.54, 1.807) is 0 Å². The van der Waals surface area contributed by atoms with Crippen LogP contribution >= 0.6 is 23.4 Å². The summed E-state index contributed by atoms with van der Waals surface area (Å²) in [6.07, 6.45) is 12.6. The third-order valence-corrected chi connectivity index (χ3v) is 8.13. The zero-order valence-corrected chi connectivity index (χ0v) is 22.7. The number of aliphatic carboxylic acids is 1. The lowest BCUT2D eigenvalue weighted by Gasteiger charge is -2.29. The van der Waals surface area contributed by atoms with Gasteiger partial charge in [0.25, 0.3) is 0 Å². The van der Waals surface area contributed by atoms with Gasteiger partial charge in [0.2, 0.25) is 0 Å². The van der Waals surface area contributed by atoms with Crippen LogP contribution in [-0.4, -0.2) is 22.0 Å². The Labute approximate surface area is 213 Å². The average molecular weight is 508 g/mol. The number of thiazole rings is 1. The van der Waals surface area contributed by atoms with Crippen LogP contribution in [0.2, 0.25) is 0 Å². The van der Waals surface area contributed by atoms with E-state index >= 15 is 0 Å². The van der Waals surface area contributed by atoms with Crippen LogP contribution < -0.4 is 0 Å². The number of carbonyl (C=O) groups is 2. The molecule has 1 aromatic heterocycles. The minimum atomic E-state index is -0.967. The lowest BCUT2D eigenvalue weighted by molar-refractivity contribution is -0.153. The number of hydrogen-bond acceptors (Lipinski definition) is 6. The van der Waals surface area contributed by atoms with Crippen molar-refractivity contribution in [3.63, 3.8) is 0 Å². The molecule has 0 aliphatic heterocycles. The predicted octanol–water partition coefficient (Wildman–Crippen LogP) is 8.59. The van der Waals surface area contributed by atoms with Gasteiger partial charge in [0, 0.05) is 0 Å². The molecule has 1 aromatic carbocycles. The normalized spacial score (nSPS) is 11.7. The predicted molar refractivity (Wildman–Crippen MR) is 142 cm³/mol. The number of unbranched alkanes of at least 4 members (excludes halogenated alkanes) is 7. The molecule has 1 heterocycles. The number of rotatable bonds is 18. The summed E-state index contributed by atoms with van der Waals surface area (Å²) in [5.74, 6) is -1.36. The van der Waals surface area contributed by atoms with E-state index in [1.807, 2.05) is 0 Å². The highest BCUT2D eigenvalue weighted by molar-refractivity contribution is 7.97. The van der Waals surface area contributed by atoms with Gasteiger partial charge in [-0.2, -0.15) is 0 Å². The molecule has 0 saturated heterocycles. The molecule has 0 aliphatic rings. The summed E-state index contributed by atoms with van der Waals surface area (Å²) in [6.45, 7) is 6.43. The van der Waals surface area contributed by atoms with E-state index in [1.165, 1.54) is 42.6 Å². The largest absolute Gasteiger partial charge is 0.481 e. The van der Waals surface area contributed by atoms with Crippen LogP contribution in [0.4, 0.5) is 0 Å². The lowest BCUT2D eigenvalue weighted by Crippen LogP contribution is -2.34.